The Morgan fingerprint density at radius 3 is 2.34 bits per heavy atom. The van der Waals surface area contributed by atoms with Gasteiger partial charge in [0.1, 0.15) is 10.6 Å². The molecule has 5 rings (SSSR count). The van der Waals surface area contributed by atoms with Crippen LogP contribution in [0.1, 0.15) is 0 Å². The molecule has 8 nitrogen and oxygen atoms in total. The van der Waals surface area contributed by atoms with Gasteiger partial charge < -0.3 is 9.47 Å². The van der Waals surface area contributed by atoms with Crippen molar-refractivity contribution < 1.29 is 14.3 Å². The summed E-state index contributed by atoms with van der Waals surface area (Å²) in [6.07, 6.45) is -0.635. The number of aromatic nitrogens is 3. The first kappa shape index (κ1) is 22.3. The van der Waals surface area contributed by atoms with Gasteiger partial charge in [0.05, 0.1) is 36.5 Å². The quantitative estimate of drug-likeness (QED) is 0.361. The minimum Gasteiger partial charge on any atom is -0.497 e. The molecule has 0 bridgehead atoms. The number of ether oxygens (including phenoxy) is 2. The van der Waals surface area contributed by atoms with E-state index in [2.05, 4.69) is 10.3 Å². The van der Waals surface area contributed by atoms with E-state index in [-0.39, 0.29) is 5.56 Å². The number of anilines is 1. The highest BCUT2D eigenvalue weighted by molar-refractivity contribution is 7.19. The highest BCUT2D eigenvalue weighted by Crippen LogP contribution is 2.39. The van der Waals surface area contributed by atoms with Crippen molar-refractivity contribution in [3.05, 3.63) is 89.2 Å². The highest BCUT2D eigenvalue weighted by Gasteiger charge is 2.23. The van der Waals surface area contributed by atoms with Crippen molar-refractivity contribution in [3.63, 3.8) is 0 Å². The monoisotopic (exact) mass is 484 g/mol. The third kappa shape index (κ3) is 4.24. The lowest BCUT2D eigenvalue weighted by molar-refractivity contribution is 0.187. The molecule has 2 heterocycles. The number of carbonyl (C=O) groups excluding carboxylic acids is 1. The molecule has 2 aromatic heterocycles. The topological polar surface area (TPSA) is 95.3 Å². The number of rotatable bonds is 5. The molecule has 0 fully saturated rings. The van der Waals surface area contributed by atoms with E-state index in [1.54, 1.807) is 48.1 Å². The van der Waals surface area contributed by atoms with Crippen LogP contribution in [0.2, 0.25) is 0 Å². The van der Waals surface area contributed by atoms with Gasteiger partial charge in [-0.15, -0.1) is 0 Å². The van der Waals surface area contributed by atoms with Crippen molar-refractivity contribution in [2.45, 2.75) is 0 Å². The van der Waals surface area contributed by atoms with Crippen molar-refractivity contribution in [2.24, 2.45) is 0 Å². The number of methoxy groups -OCH3 is 2. The molecule has 35 heavy (non-hydrogen) atoms. The maximum absolute atomic E-state index is 13.7. The van der Waals surface area contributed by atoms with Gasteiger partial charge in [0.2, 0.25) is 0 Å². The minimum absolute atomic E-state index is 0.217. The van der Waals surface area contributed by atoms with Crippen molar-refractivity contribution in [2.75, 3.05) is 19.5 Å². The smallest absolute Gasteiger partial charge is 0.413 e. The lowest BCUT2D eigenvalue weighted by atomic mass is 10.1. The van der Waals surface area contributed by atoms with Crippen LogP contribution in [0.15, 0.2) is 83.7 Å². The second-order valence-electron chi connectivity index (χ2n) is 7.47. The molecule has 0 aliphatic carbocycles. The number of thiazole rings is 1. The zero-order chi connectivity index (χ0) is 24.4. The van der Waals surface area contributed by atoms with Gasteiger partial charge in [0.25, 0.3) is 5.56 Å². The van der Waals surface area contributed by atoms with Crippen LogP contribution in [-0.4, -0.2) is 34.8 Å². The Morgan fingerprint density at radius 1 is 0.914 bits per heavy atom. The Bertz CT molecular complexity index is 1580. The van der Waals surface area contributed by atoms with E-state index in [0.29, 0.717) is 43.9 Å². The van der Waals surface area contributed by atoms with Crippen molar-refractivity contribution in [1.29, 1.82) is 0 Å². The van der Waals surface area contributed by atoms with E-state index in [9.17, 15) is 9.59 Å². The van der Waals surface area contributed by atoms with Crippen LogP contribution in [0.25, 0.3) is 38.5 Å². The summed E-state index contributed by atoms with van der Waals surface area (Å²) in [7, 11) is 2.87. The first-order chi connectivity index (χ1) is 17.1. The van der Waals surface area contributed by atoms with E-state index < -0.39 is 6.09 Å². The molecule has 5 aromatic rings. The summed E-state index contributed by atoms with van der Waals surface area (Å²) in [5.74, 6) is 1.08. The zero-order valence-electron chi connectivity index (χ0n) is 18.9. The minimum atomic E-state index is -0.635. The van der Waals surface area contributed by atoms with Crippen molar-refractivity contribution in [1.82, 2.24) is 14.5 Å². The zero-order valence-corrected chi connectivity index (χ0v) is 19.7. The Balaban J connectivity index is 1.82. The lowest BCUT2D eigenvalue weighted by Gasteiger charge is -2.14. The van der Waals surface area contributed by atoms with Crippen molar-refractivity contribution >= 4 is 33.5 Å². The average Bonchev–Trinajstić information content (AvgIpc) is 3.32. The van der Waals surface area contributed by atoms with Gasteiger partial charge in [-0.2, -0.15) is 0 Å². The Labute approximate surface area is 204 Å². The predicted molar refractivity (Wildman–Crippen MR) is 136 cm³/mol. The Morgan fingerprint density at radius 2 is 1.63 bits per heavy atom. The molecule has 0 aliphatic heterocycles. The number of para-hydroxylation sites is 1. The molecule has 0 spiro atoms. The number of hydrogen-bond acceptors (Lipinski definition) is 7. The predicted octanol–water partition coefficient (Wildman–Crippen LogP) is 5.36. The number of nitrogens with one attached hydrogen (secondary N) is 1. The second kappa shape index (κ2) is 9.40. The normalized spacial score (nSPS) is 10.8. The Kier molecular flexibility index (Phi) is 5.99. The molecule has 0 atom stereocenters. The number of fused-ring (bicyclic) bond motifs is 1. The largest absolute Gasteiger partial charge is 0.497 e. The standard InChI is InChI=1S/C26H20N4O4S/c1-33-18-14-12-17(13-15-18)30-23(27-20-11-7-6-10-19(20)24(30)31)22-21(16-8-4-3-5-9-16)28-25(35-22)29-26(32)34-2/h3-15H,1-2H3,(H,28,29,32). The van der Waals surface area contributed by atoms with E-state index in [1.165, 1.54) is 18.4 Å². The molecule has 0 saturated heterocycles. The lowest BCUT2D eigenvalue weighted by Crippen LogP contribution is -2.21. The first-order valence-corrected chi connectivity index (χ1v) is 11.5. The number of nitrogens with zero attached hydrogens (tertiary/aromatic N) is 3. The van der Waals surface area contributed by atoms with E-state index >= 15 is 0 Å². The summed E-state index contributed by atoms with van der Waals surface area (Å²) < 4.78 is 11.6. The second-order valence-corrected chi connectivity index (χ2v) is 8.47. The molecule has 174 valence electrons. The molecule has 1 amide bonds. The molecule has 0 saturated carbocycles. The summed E-state index contributed by atoms with van der Waals surface area (Å²) in [5, 5.41) is 3.45. The van der Waals surface area contributed by atoms with Gasteiger partial charge in [-0.25, -0.2) is 14.8 Å². The van der Waals surface area contributed by atoms with Crippen LogP contribution in [-0.2, 0) is 4.74 Å². The molecule has 0 radical (unpaired) electrons. The fourth-order valence-electron chi connectivity index (χ4n) is 3.71. The van der Waals surface area contributed by atoms with E-state index in [0.717, 1.165) is 5.56 Å². The molecular formula is C26H20N4O4S. The molecule has 0 aliphatic rings. The SMILES string of the molecule is COC(=O)Nc1nc(-c2ccccc2)c(-c2nc3ccccc3c(=O)n2-c2ccc(OC)cc2)s1. The van der Waals surface area contributed by atoms with Gasteiger partial charge in [0.15, 0.2) is 11.0 Å². The third-order valence-electron chi connectivity index (χ3n) is 5.38. The average molecular weight is 485 g/mol. The van der Waals surface area contributed by atoms with Crippen LogP contribution < -0.4 is 15.6 Å². The van der Waals surface area contributed by atoms with Gasteiger partial charge in [0, 0.05) is 5.56 Å². The summed E-state index contributed by atoms with van der Waals surface area (Å²) in [6.45, 7) is 0. The summed E-state index contributed by atoms with van der Waals surface area (Å²) in [5.41, 5.74) is 2.38. The highest BCUT2D eigenvalue weighted by atomic mass is 32.1. The molecule has 9 heteroatoms. The third-order valence-corrected chi connectivity index (χ3v) is 6.34. The van der Waals surface area contributed by atoms with E-state index in [4.69, 9.17) is 14.5 Å². The van der Waals surface area contributed by atoms with Gasteiger partial charge in [-0.1, -0.05) is 53.8 Å². The van der Waals surface area contributed by atoms with Gasteiger partial charge >= 0.3 is 6.09 Å². The molecule has 0 unspecified atom stereocenters. The van der Waals surface area contributed by atoms with Crippen LogP contribution >= 0.6 is 11.3 Å². The first-order valence-electron chi connectivity index (χ1n) is 10.7. The van der Waals surface area contributed by atoms with Crippen LogP contribution in [0.5, 0.6) is 5.75 Å². The number of benzene rings is 3. The molecule has 3 aromatic carbocycles. The van der Waals surface area contributed by atoms with Crippen LogP contribution in [0, 0.1) is 0 Å². The summed E-state index contributed by atoms with van der Waals surface area (Å²) in [6, 6.07) is 23.9. The number of amides is 1. The fourth-order valence-corrected chi connectivity index (χ4v) is 4.66. The fraction of sp³-hybridized carbons (Fsp3) is 0.0769. The van der Waals surface area contributed by atoms with E-state index in [1.807, 2.05) is 42.5 Å². The van der Waals surface area contributed by atoms with Crippen LogP contribution in [0.3, 0.4) is 0 Å². The van der Waals surface area contributed by atoms with Crippen LogP contribution in [0.4, 0.5) is 9.93 Å². The number of hydrogen-bond donors (Lipinski definition) is 1. The van der Waals surface area contributed by atoms with Crippen molar-refractivity contribution in [3.8, 4) is 33.4 Å². The summed E-state index contributed by atoms with van der Waals surface area (Å²) >= 11 is 1.21. The maximum atomic E-state index is 13.7. The van der Waals surface area contributed by atoms with Gasteiger partial charge in [-0.05, 0) is 36.4 Å². The molecular weight excluding hydrogens is 464 g/mol. The summed E-state index contributed by atoms with van der Waals surface area (Å²) in [4.78, 5) is 35.8. The van der Waals surface area contributed by atoms with Gasteiger partial charge in [-0.3, -0.25) is 14.7 Å². The Hall–Kier alpha value is -4.50. The maximum Gasteiger partial charge on any atom is 0.413 e. The number of carbonyl (C=O) groups is 1. The molecule has 1 N–H and O–H groups in total.